The van der Waals surface area contributed by atoms with E-state index < -0.39 is 0 Å². The highest BCUT2D eigenvalue weighted by atomic mass is 16.5. The summed E-state index contributed by atoms with van der Waals surface area (Å²) in [6.45, 7) is 0.717. The van der Waals surface area contributed by atoms with Crippen LogP contribution in [0.4, 0.5) is 5.69 Å². The van der Waals surface area contributed by atoms with E-state index in [1.54, 1.807) is 32.3 Å². The molecular weight excluding hydrogens is 320 g/mol. The predicted octanol–water partition coefficient (Wildman–Crippen LogP) is 3.04. The van der Waals surface area contributed by atoms with E-state index in [4.69, 9.17) is 14.2 Å². The van der Waals surface area contributed by atoms with Gasteiger partial charge in [-0.2, -0.15) is 0 Å². The molecule has 0 unspecified atom stereocenters. The summed E-state index contributed by atoms with van der Waals surface area (Å²) in [6.07, 6.45) is 0. The van der Waals surface area contributed by atoms with Crippen LogP contribution in [0.25, 0.3) is 0 Å². The van der Waals surface area contributed by atoms with Gasteiger partial charge < -0.3 is 19.1 Å². The number of ether oxygens (including phenoxy) is 3. The molecule has 130 valence electrons. The molecule has 2 aromatic carbocycles. The fraction of sp³-hybridized carbons (Fsp3) is 0.263. The van der Waals surface area contributed by atoms with E-state index in [0.29, 0.717) is 41.7 Å². The summed E-state index contributed by atoms with van der Waals surface area (Å²) in [5.74, 6) is 1.70. The van der Waals surface area contributed by atoms with Gasteiger partial charge >= 0.3 is 0 Å². The Labute approximate surface area is 146 Å². The number of aliphatic imine (C=N–C) groups is 1. The number of para-hydroxylation sites is 1. The van der Waals surface area contributed by atoms with Gasteiger partial charge in [-0.15, -0.1) is 0 Å². The molecule has 0 saturated heterocycles. The third kappa shape index (κ3) is 3.42. The van der Waals surface area contributed by atoms with Crippen molar-refractivity contribution in [3.63, 3.8) is 0 Å². The number of fused-ring (bicyclic) bond motifs is 1. The Morgan fingerprint density at radius 1 is 1.00 bits per heavy atom. The highest BCUT2D eigenvalue weighted by molar-refractivity contribution is 6.03. The van der Waals surface area contributed by atoms with Crippen LogP contribution >= 0.6 is 0 Å². The zero-order valence-corrected chi connectivity index (χ0v) is 14.5. The Balaban J connectivity index is 1.92. The van der Waals surface area contributed by atoms with Crippen LogP contribution < -0.4 is 9.47 Å². The molecule has 2 aromatic rings. The molecule has 1 aliphatic rings. The van der Waals surface area contributed by atoms with Crippen molar-refractivity contribution in [1.82, 2.24) is 4.90 Å². The van der Waals surface area contributed by atoms with E-state index in [2.05, 4.69) is 4.99 Å². The molecule has 1 heterocycles. The van der Waals surface area contributed by atoms with Crippen LogP contribution in [-0.2, 0) is 11.3 Å². The van der Waals surface area contributed by atoms with Crippen molar-refractivity contribution >= 4 is 17.5 Å². The summed E-state index contributed by atoms with van der Waals surface area (Å²) in [7, 11) is 4.74. The Bertz CT molecular complexity index is 817. The standard InChI is InChI=1S/C19H20N2O4/c1-23-16-9-8-13(10-17(16)24-2)11-21-12-18(25-3)20-15-7-5-4-6-14(15)19(21)22/h4-10H,11-12H2,1-3H3. The number of carbonyl (C=O) groups excluding carboxylic acids is 1. The first-order chi connectivity index (χ1) is 12.2. The molecule has 0 aromatic heterocycles. The van der Waals surface area contributed by atoms with Crippen molar-refractivity contribution in [2.24, 2.45) is 4.99 Å². The zero-order valence-electron chi connectivity index (χ0n) is 14.5. The Hall–Kier alpha value is -3.02. The smallest absolute Gasteiger partial charge is 0.256 e. The SMILES string of the molecule is COC1=Nc2ccccc2C(=O)N(Cc2ccc(OC)c(OC)c2)C1. The zero-order chi connectivity index (χ0) is 17.8. The lowest BCUT2D eigenvalue weighted by atomic mass is 10.1. The maximum absolute atomic E-state index is 12.9. The van der Waals surface area contributed by atoms with Gasteiger partial charge in [-0.3, -0.25) is 4.79 Å². The van der Waals surface area contributed by atoms with Crippen LogP contribution in [0, 0.1) is 0 Å². The van der Waals surface area contributed by atoms with Gasteiger partial charge in [0, 0.05) is 6.54 Å². The largest absolute Gasteiger partial charge is 0.493 e. The molecule has 0 bridgehead atoms. The molecule has 25 heavy (non-hydrogen) atoms. The second-order valence-electron chi connectivity index (χ2n) is 5.58. The number of carbonyl (C=O) groups is 1. The summed E-state index contributed by atoms with van der Waals surface area (Å²) in [5.41, 5.74) is 2.12. The first-order valence-corrected chi connectivity index (χ1v) is 7.87. The Morgan fingerprint density at radius 3 is 2.48 bits per heavy atom. The number of rotatable bonds is 4. The number of hydrogen-bond acceptors (Lipinski definition) is 5. The minimum Gasteiger partial charge on any atom is -0.493 e. The van der Waals surface area contributed by atoms with E-state index in [-0.39, 0.29) is 5.91 Å². The van der Waals surface area contributed by atoms with Crippen molar-refractivity contribution < 1.29 is 19.0 Å². The lowest BCUT2D eigenvalue weighted by Gasteiger charge is -2.22. The van der Waals surface area contributed by atoms with Crippen molar-refractivity contribution in [2.45, 2.75) is 6.54 Å². The maximum atomic E-state index is 12.9. The molecule has 6 heteroatoms. The summed E-state index contributed by atoms with van der Waals surface area (Å²) in [4.78, 5) is 19.1. The van der Waals surface area contributed by atoms with Crippen molar-refractivity contribution in [1.29, 1.82) is 0 Å². The maximum Gasteiger partial charge on any atom is 0.256 e. The average molecular weight is 340 g/mol. The fourth-order valence-corrected chi connectivity index (χ4v) is 2.76. The first-order valence-electron chi connectivity index (χ1n) is 7.87. The molecule has 0 saturated carbocycles. The predicted molar refractivity (Wildman–Crippen MR) is 94.8 cm³/mol. The van der Waals surface area contributed by atoms with E-state index in [1.165, 1.54) is 0 Å². The van der Waals surface area contributed by atoms with Gasteiger partial charge in [0.25, 0.3) is 5.91 Å². The van der Waals surface area contributed by atoms with Gasteiger partial charge in [-0.1, -0.05) is 18.2 Å². The third-order valence-corrected chi connectivity index (χ3v) is 4.05. The second kappa shape index (κ2) is 7.25. The van der Waals surface area contributed by atoms with Gasteiger partial charge in [-0.05, 0) is 29.8 Å². The highest BCUT2D eigenvalue weighted by Gasteiger charge is 2.25. The van der Waals surface area contributed by atoms with Crippen LogP contribution in [0.5, 0.6) is 11.5 Å². The number of hydrogen-bond donors (Lipinski definition) is 0. The summed E-state index contributed by atoms with van der Waals surface area (Å²) >= 11 is 0. The topological polar surface area (TPSA) is 60.4 Å². The molecule has 0 N–H and O–H groups in total. The fourth-order valence-electron chi connectivity index (χ4n) is 2.76. The number of methoxy groups -OCH3 is 3. The van der Waals surface area contributed by atoms with Gasteiger partial charge in [0.1, 0.15) is 0 Å². The molecule has 3 rings (SSSR count). The molecule has 0 atom stereocenters. The number of benzene rings is 2. The summed E-state index contributed by atoms with van der Waals surface area (Å²) < 4.78 is 15.9. The van der Waals surface area contributed by atoms with E-state index >= 15 is 0 Å². The molecule has 0 fully saturated rings. The molecular formula is C19H20N2O4. The highest BCUT2D eigenvalue weighted by Crippen LogP contribution is 2.29. The van der Waals surface area contributed by atoms with Gasteiger partial charge in [0.15, 0.2) is 11.5 Å². The quantitative estimate of drug-likeness (QED) is 0.858. The molecule has 0 aliphatic carbocycles. The van der Waals surface area contributed by atoms with Crippen LogP contribution in [0.15, 0.2) is 47.5 Å². The van der Waals surface area contributed by atoms with Crippen LogP contribution in [0.2, 0.25) is 0 Å². The lowest BCUT2D eigenvalue weighted by molar-refractivity contribution is 0.0764. The molecule has 1 aliphatic heterocycles. The number of nitrogens with zero attached hydrogens (tertiary/aromatic N) is 2. The lowest BCUT2D eigenvalue weighted by Crippen LogP contribution is -2.34. The van der Waals surface area contributed by atoms with Crippen molar-refractivity contribution in [3.8, 4) is 11.5 Å². The van der Waals surface area contributed by atoms with Crippen LogP contribution in [0.3, 0.4) is 0 Å². The average Bonchev–Trinajstić information content (AvgIpc) is 2.78. The normalized spacial score (nSPS) is 13.6. The van der Waals surface area contributed by atoms with Crippen molar-refractivity contribution in [2.75, 3.05) is 27.9 Å². The summed E-state index contributed by atoms with van der Waals surface area (Å²) in [5, 5.41) is 0. The minimum absolute atomic E-state index is 0.0822. The van der Waals surface area contributed by atoms with Crippen molar-refractivity contribution in [3.05, 3.63) is 53.6 Å². The van der Waals surface area contributed by atoms with E-state index in [9.17, 15) is 4.79 Å². The first kappa shape index (κ1) is 16.8. The monoisotopic (exact) mass is 340 g/mol. The number of amides is 1. The molecule has 6 nitrogen and oxygen atoms in total. The van der Waals surface area contributed by atoms with Crippen LogP contribution in [0.1, 0.15) is 15.9 Å². The van der Waals surface area contributed by atoms with Gasteiger partial charge in [0.2, 0.25) is 5.90 Å². The Kier molecular flexibility index (Phi) is 4.88. The van der Waals surface area contributed by atoms with Gasteiger partial charge in [-0.25, -0.2) is 4.99 Å². The third-order valence-electron chi connectivity index (χ3n) is 4.05. The minimum atomic E-state index is -0.0822. The molecule has 1 amide bonds. The molecule has 0 radical (unpaired) electrons. The van der Waals surface area contributed by atoms with Gasteiger partial charge in [0.05, 0.1) is 39.1 Å². The van der Waals surface area contributed by atoms with E-state index in [1.807, 2.05) is 36.4 Å². The Morgan fingerprint density at radius 2 is 1.76 bits per heavy atom. The second-order valence-corrected chi connectivity index (χ2v) is 5.58. The summed E-state index contributed by atoms with van der Waals surface area (Å²) in [6, 6.07) is 12.9. The molecule has 0 spiro atoms. The van der Waals surface area contributed by atoms with E-state index in [0.717, 1.165) is 5.56 Å². The van der Waals surface area contributed by atoms with Crippen LogP contribution in [-0.4, -0.2) is 44.6 Å².